The van der Waals surface area contributed by atoms with Crippen molar-refractivity contribution in [1.29, 1.82) is 0 Å². The summed E-state index contributed by atoms with van der Waals surface area (Å²) >= 11 is 0. The van der Waals surface area contributed by atoms with E-state index in [4.69, 9.17) is 4.42 Å². The van der Waals surface area contributed by atoms with E-state index in [1.165, 1.54) is 12.8 Å². The van der Waals surface area contributed by atoms with Gasteiger partial charge < -0.3 is 9.73 Å². The molecule has 3 rings (SSSR count). The van der Waals surface area contributed by atoms with Gasteiger partial charge in [0.05, 0.1) is 0 Å². The Morgan fingerprint density at radius 2 is 1.95 bits per heavy atom. The molecule has 1 saturated carbocycles. The number of hydrogen-bond acceptors (Lipinski definition) is 4. The van der Waals surface area contributed by atoms with Crippen LogP contribution < -0.4 is 5.32 Å². The second-order valence-corrected chi connectivity index (χ2v) is 8.31. The molecule has 0 aromatic carbocycles. The number of rotatable bonds is 5. The lowest BCUT2D eigenvalue weighted by Gasteiger charge is -2.17. The minimum absolute atomic E-state index is 0.391. The first-order valence-corrected chi connectivity index (χ1v) is 9.16. The van der Waals surface area contributed by atoms with Crippen molar-refractivity contribution in [3.8, 4) is 0 Å². The molecule has 0 radical (unpaired) electrons. The number of furan rings is 1. The molecule has 1 saturated heterocycles. The maximum absolute atomic E-state index is 12.9. The average molecular weight is 312 g/mol. The normalized spacial score (nSPS) is 23.9. The highest BCUT2D eigenvalue weighted by molar-refractivity contribution is 7.89. The summed E-state index contributed by atoms with van der Waals surface area (Å²) in [6.07, 6.45) is 3.30. The highest BCUT2D eigenvalue weighted by atomic mass is 32.2. The van der Waals surface area contributed by atoms with Gasteiger partial charge in [0, 0.05) is 31.2 Å². The Hall–Kier alpha value is -0.850. The van der Waals surface area contributed by atoms with E-state index < -0.39 is 10.0 Å². The van der Waals surface area contributed by atoms with E-state index in [1.54, 1.807) is 11.2 Å². The molecule has 21 heavy (non-hydrogen) atoms. The van der Waals surface area contributed by atoms with Gasteiger partial charge in [0.1, 0.15) is 16.4 Å². The van der Waals surface area contributed by atoms with Gasteiger partial charge in [0.15, 0.2) is 0 Å². The van der Waals surface area contributed by atoms with Gasteiger partial charge in [-0.15, -0.1) is 0 Å². The highest BCUT2D eigenvalue weighted by Gasteiger charge is 2.36. The minimum Gasteiger partial charge on any atom is -0.465 e. The molecular formula is C15H24N2O3S. The molecule has 0 amide bonds. The Balaban J connectivity index is 1.92. The second-order valence-electron chi connectivity index (χ2n) is 6.43. The van der Waals surface area contributed by atoms with Crippen molar-refractivity contribution in [3.63, 3.8) is 0 Å². The third-order valence-electron chi connectivity index (χ3n) is 4.45. The van der Waals surface area contributed by atoms with Gasteiger partial charge in [-0.2, -0.15) is 4.31 Å². The lowest BCUT2D eigenvalue weighted by Crippen LogP contribution is -2.30. The zero-order valence-electron chi connectivity index (χ0n) is 13.0. The van der Waals surface area contributed by atoms with Crippen LogP contribution in [0.5, 0.6) is 0 Å². The van der Waals surface area contributed by atoms with Crippen molar-refractivity contribution in [3.05, 3.63) is 17.1 Å². The van der Waals surface area contributed by atoms with E-state index >= 15 is 0 Å². The third kappa shape index (κ3) is 2.89. The van der Waals surface area contributed by atoms with Gasteiger partial charge in [-0.3, -0.25) is 0 Å². The summed E-state index contributed by atoms with van der Waals surface area (Å²) in [5.74, 6) is 1.66. The van der Waals surface area contributed by atoms with Crippen LogP contribution in [-0.2, 0) is 16.6 Å². The van der Waals surface area contributed by atoms with Crippen LogP contribution in [0.4, 0.5) is 0 Å². The van der Waals surface area contributed by atoms with Gasteiger partial charge in [0.25, 0.3) is 0 Å². The maximum Gasteiger partial charge on any atom is 0.246 e. The van der Waals surface area contributed by atoms with Crippen molar-refractivity contribution >= 4 is 10.0 Å². The van der Waals surface area contributed by atoms with E-state index in [0.717, 1.165) is 12.0 Å². The van der Waals surface area contributed by atoms with Crippen LogP contribution in [-0.4, -0.2) is 31.9 Å². The summed E-state index contributed by atoms with van der Waals surface area (Å²) in [7, 11) is -3.44. The smallest absolute Gasteiger partial charge is 0.246 e. The molecular weight excluding hydrogens is 288 g/mol. The zero-order valence-corrected chi connectivity index (χ0v) is 13.8. The van der Waals surface area contributed by atoms with Gasteiger partial charge in [-0.1, -0.05) is 6.92 Å². The first-order chi connectivity index (χ1) is 9.89. The molecule has 2 fully saturated rings. The topological polar surface area (TPSA) is 62.6 Å². The van der Waals surface area contributed by atoms with E-state index in [9.17, 15) is 8.42 Å². The summed E-state index contributed by atoms with van der Waals surface area (Å²) in [5, 5.41) is 3.40. The Bertz CT molecular complexity index is 632. The van der Waals surface area contributed by atoms with Crippen LogP contribution >= 0.6 is 0 Å². The first kappa shape index (κ1) is 15.1. The molecule has 2 heterocycles. The summed E-state index contributed by atoms with van der Waals surface area (Å²) < 4.78 is 33.1. The number of nitrogens with zero attached hydrogens (tertiary/aromatic N) is 1. The molecule has 1 aliphatic carbocycles. The number of aryl methyl sites for hydroxylation is 2. The predicted molar refractivity (Wildman–Crippen MR) is 80.6 cm³/mol. The van der Waals surface area contributed by atoms with Crippen LogP contribution in [0.2, 0.25) is 0 Å². The van der Waals surface area contributed by atoms with Crippen molar-refractivity contribution in [2.24, 2.45) is 5.92 Å². The van der Waals surface area contributed by atoms with Crippen LogP contribution in [0.3, 0.4) is 0 Å². The molecule has 6 heteroatoms. The molecule has 2 aliphatic rings. The fourth-order valence-electron chi connectivity index (χ4n) is 3.03. The molecule has 1 atom stereocenters. The molecule has 1 unspecified atom stereocenters. The SMILES string of the molecule is Cc1oc(C)c(S(=O)(=O)N2CCC(C)C2)c1CNC1CC1. The van der Waals surface area contributed by atoms with Crippen molar-refractivity contribution < 1.29 is 12.8 Å². The van der Waals surface area contributed by atoms with E-state index in [0.29, 0.717) is 48.0 Å². The summed E-state index contributed by atoms with van der Waals surface area (Å²) in [6, 6.07) is 0.543. The van der Waals surface area contributed by atoms with E-state index in [2.05, 4.69) is 12.2 Å². The third-order valence-corrected chi connectivity index (χ3v) is 6.52. The summed E-state index contributed by atoms with van der Waals surface area (Å²) in [4.78, 5) is 0.391. The quantitative estimate of drug-likeness (QED) is 0.905. The summed E-state index contributed by atoms with van der Waals surface area (Å²) in [6.45, 7) is 7.50. The summed E-state index contributed by atoms with van der Waals surface area (Å²) in [5.41, 5.74) is 0.805. The highest BCUT2D eigenvalue weighted by Crippen LogP contribution is 2.32. The molecule has 0 spiro atoms. The Kier molecular flexibility index (Phi) is 3.88. The van der Waals surface area contributed by atoms with Crippen molar-refractivity contribution in [2.45, 2.75) is 57.5 Å². The predicted octanol–water partition coefficient (Wildman–Crippen LogP) is 2.18. The lowest BCUT2D eigenvalue weighted by molar-refractivity contribution is 0.457. The Labute approximate surface area is 126 Å². The molecule has 1 aliphatic heterocycles. The molecule has 118 valence electrons. The standard InChI is InChI=1S/C15H24N2O3S/c1-10-6-7-17(9-10)21(18,19)15-12(3)20-11(2)14(15)8-16-13-4-5-13/h10,13,16H,4-9H2,1-3H3. The van der Waals surface area contributed by atoms with Crippen molar-refractivity contribution in [2.75, 3.05) is 13.1 Å². The van der Waals surface area contributed by atoms with Gasteiger partial charge >= 0.3 is 0 Å². The van der Waals surface area contributed by atoms with Gasteiger partial charge in [0.2, 0.25) is 10.0 Å². The lowest BCUT2D eigenvalue weighted by atomic mass is 10.2. The fourth-order valence-corrected chi connectivity index (χ4v) is 5.01. The molecule has 5 nitrogen and oxygen atoms in total. The van der Waals surface area contributed by atoms with E-state index in [1.807, 2.05) is 6.92 Å². The molecule has 0 bridgehead atoms. The van der Waals surface area contributed by atoms with E-state index in [-0.39, 0.29) is 0 Å². The number of sulfonamides is 1. The van der Waals surface area contributed by atoms with Crippen LogP contribution in [0.15, 0.2) is 9.31 Å². The second kappa shape index (κ2) is 5.41. The monoisotopic (exact) mass is 312 g/mol. The molecule has 1 aromatic rings. The average Bonchev–Trinajstić information content (AvgIpc) is 3.04. The largest absolute Gasteiger partial charge is 0.465 e. The maximum atomic E-state index is 12.9. The van der Waals surface area contributed by atoms with Gasteiger partial charge in [-0.25, -0.2) is 8.42 Å². The number of nitrogens with one attached hydrogen (secondary N) is 1. The Morgan fingerprint density at radius 1 is 1.24 bits per heavy atom. The van der Waals surface area contributed by atoms with Crippen LogP contribution in [0, 0.1) is 19.8 Å². The Morgan fingerprint density at radius 3 is 2.52 bits per heavy atom. The first-order valence-electron chi connectivity index (χ1n) is 7.72. The zero-order chi connectivity index (χ0) is 15.2. The van der Waals surface area contributed by atoms with Gasteiger partial charge in [-0.05, 0) is 39.0 Å². The van der Waals surface area contributed by atoms with Crippen LogP contribution in [0.1, 0.15) is 43.3 Å². The molecule has 1 aromatic heterocycles. The molecule has 1 N–H and O–H groups in total. The number of hydrogen-bond donors (Lipinski definition) is 1. The minimum atomic E-state index is -3.44. The van der Waals surface area contributed by atoms with Crippen LogP contribution in [0.25, 0.3) is 0 Å². The van der Waals surface area contributed by atoms with Crippen molar-refractivity contribution in [1.82, 2.24) is 9.62 Å². The fraction of sp³-hybridized carbons (Fsp3) is 0.733.